The highest BCUT2D eigenvalue weighted by Gasteiger charge is 2.21. The van der Waals surface area contributed by atoms with Gasteiger partial charge in [-0.2, -0.15) is 5.10 Å². The fraction of sp³-hybridized carbons (Fsp3) is 0.364. The normalized spacial score (nSPS) is 13.0. The van der Waals surface area contributed by atoms with Crippen molar-refractivity contribution in [2.24, 2.45) is 0 Å². The van der Waals surface area contributed by atoms with Crippen LogP contribution in [0.2, 0.25) is 0 Å². The Labute approximate surface area is 175 Å². The third kappa shape index (κ3) is 3.91. The van der Waals surface area contributed by atoms with Crippen molar-refractivity contribution in [1.82, 2.24) is 29.7 Å². The van der Waals surface area contributed by atoms with E-state index in [9.17, 15) is 5.11 Å². The van der Waals surface area contributed by atoms with Gasteiger partial charge in [0.25, 0.3) is 0 Å². The lowest BCUT2D eigenvalue weighted by atomic mass is 10.1. The highest BCUT2D eigenvalue weighted by atomic mass is 16.3. The number of pyridine rings is 1. The first-order chi connectivity index (χ1) is 14.2. The van der Waals surface area contributed by atoms with E-state index in [0.717, 1.165) is 39.1 Å². The first kappa shape index (κ1) is 20.0. The first-order valence-corrected chi connectivity index (χ1v) is 10.0. The van der Waals surface area contributed by atoms with Gasteiger partial charge in [-0.05, 0) is 52.3 Å². The molecule has 0 unspecified atom stereocenters. The molecule has 0 aliphatic rings. The van der Waals surface area contributed by atoms with Gasteiger partial charge in [-0.25, -0.2) is 15.0 Å². The second-order valence-electron chi connectivity index (χ2n) is 8.59. The molecule has 0 aromatic carbocycles. The zero-order valence-electron chi connectivity index (χ0n) is 17.9. The molecule has 0 amide bonds. The Bertz CT molecular complexity index is 1180. The molecule has 8 heteroatoms. The molecule has 0 saturated carbocycles. The molecule has 0 fully saturated rings. The number of nitrogens with one attached hydrogen (secondary N) is 2. The Morgan fingerprint density at radius 2 is 2.07 bits per heavy atom. The summed E-state index contributed by atoms with van der Waals surface area (Å²) in [6.45, 7) is 10.5. The van der Waals surface area contributed by atoms with Crippen molar-refractivity contribution in [2.75, 3.05) is 11.9 Å². The topological polar surface area (TPSA) is 105 Å². The summed E-state index contributed by atoms with van der Waals surface area (Å²) in [5, 5.41) is 18.6. The maximum absolute atomic E-state index is 9.54. The minimum atomic E-state index is -0.487. The summed E-state index contributed by atoms with van der Waals surface area (Å²) in [5.74, 6) is 0.470. The number of aliphatic hydroxyl groups is 1. The van der Waals surface area contributed by atoms with Gasteiger partial charge in [0.15, 0.2) is 0 Å². The summed E-state index contributed by atoms with van der Waals surface area (Å²) < 4.78 is 1.96. The maximum Gasteiger partial charge on any atom is 0.223 e. The van der Waals surface area contributed by atoms with E-state index >= 15 is 0 Å². The van der Waals surface area contributed by atoms with Gasteiger partial charge in [0, 0.05) is 47.8 Å². The Morgan fingerprint density at radius 1 is 1.27 bits per heavy atom. The molecule has 0 aliphatic heterocycles. The van der Waals surface area contributed by atoms with Crippen LogP contribution in [0.15, 0.2) is 36.9 Å². The quantitative estimate of drug-likeness (QED) is 0.467. The summed E-state index contributed by atoms with van der Waals surface area (Å²) in [5.41, 5.74) is 5.23. The monoisotopic (exact) mass is 405 g/mol. The fourth-order valence-electron chi connectivity index (χ4n) is 3.22. The van der Waals surface area contributed by atoms with Crippen LogP contribution in [0.25, 0.3) is 33.5 Å². The van der Waals surface area contributed by atoms with Crippen LogP contribution in [0.3, 0.4) is 0 Å². The van der Waals surface area contributed by atoms with Crippen molar-refractivity contribution in [3.63, 3.8) is 0 Å². The largest absolute Gasteiger partial charge is 0.392 e. The highest BCUT2D eigenvalue weighted by Crippen LogP contribution is 2.33. The van der Waals surface area contributed by atoms with Gasteiger partial charge in [0.2, 0.25) is 5.95 Å². The Morgan fingerprint density at radius 3 is 2.80 bits per heavy atom. The highest BCUT2D eigenvalue weighted by molar-refractivity contribution is 5.87. The lowest BCUT2D eigenvalue weighted by molar-refractivity contribution is 0.208. The van der Waals surface area contributed by atoms with Crippen LogP contribution in [0.4, 0.5) is 5.95 Å². The van der Waals surface area contributed by atoms with E-state index in [0.29, 0.717) is 12.5 Å². The van der Waals surface area contributed by atoms with Crippen LogP contribution in [0.1, 0.15) is 33.3 Å². The predicted octanol–water partition coefficient (Wildman–Crippen LogP) is 3.74. The summed E-state index contributed by atoms with van der Waals surface area (Å²) in [6, 6.07) is 3.98. The molecular weight excluding hydrogens is 378 g/mol. The summed E-state index contributed by atoms with van der Waals surface area (Å²) in [6.07, 6.45) is 7.04. The zero-order chi connectivity index (χ0) is 21.5. The Hall–Kier alpha value is -3.26. The predicted molar refractivity (Wildman–Crippen MR) is 118 cm³/mol. The third-order valence-electron chi connectivity index (χ3n) is 4.90. The molecule has 0 aliphatic carbocycles. The van der Waals surface area contributed by atoms with Crippen LogP contribution in [0.5, 0.6) is 0 Å². The molecule has 0 spiro atoms. The number of nitrogens with zero attached hydrogens (tertiary/aromatic N) is 5. The van der Waals surface area contributed by atoms with Crippen molar-refractivity contribution in [3.8, 4) is 22.5 Å². The van der Waals surface area contributed by atoms with Crippen LogP contribution in [-0.2, 0) is 5.54 Å². The maximum atomic E-state index is 9.54. The Kier molecular flexibility index (Phi) is 5.03. The average molecular weight is 406 g/mol. The molecule has 30 heavy (non-hydrogen) atoms. The summed E-state index contributed by atoms with van der Waals surface area (Å²) in [7, 11) is 0. The molecule has 8 nitrogen and oxygen atoms in total. The van der Waals surface area contributed by atoms with E-state index < -0.39 is 6.10 Å². The van der Waals surface area contributed by atoms with E-state index in [1.165, 1.54) is 0 Å². The van der Waals surface area contributed by atoms with Gasteiger partial charge in [-0.15, -0.1) is 0 Å². The van der Waals surface area contributed by atoms with Gasteiger partial charge >= 0.3 is 0 Å². The lowest BCUT2D eigenvalue weighted by Gasteiger charge is -2.18. The van der Waals surface area contributed by atoms with E-state index in [1.54, 1.807) is 13.1 Å². The number of fused-ring (bicyclic) bond motifs is 1. The van der Waals surface area contributed by atoms with E-state index in [1.807, 2.05) is 29.3 Å². The molecule has 4 rings (SSSR count). The van der Waals surface area contributed by atoms with Crippen molar-refractivity contribution < 1.29 is 5.11 Å². The molecular formula is C22H27N7O. The van der Waals surface area contributed by atoms with Crippen molar-refractivity contribution in [1.29, 1.82) is 0 Å². The second kappa shape index (κ2) is 7.53. The number of aliphatic hydroxyl groups excluding tert-OH is 1. The van der Waals surface area contributed by atoms with Gasteiger partial charge in [-0.1, -0.05) is 0 Å². The number of aryl methyl sites for hydroxylation is 1. The van der Waals surface area contributed by atoms with Gasteiger partial charge in [0.05, 0.1) is 17.3 Å². The molecule has 0 saturated heterocycles. The van der Waals surface area contributed by atoms with E-state index in [2.05, 4.69) is 59.0 Å². The van der Waals surface area contributed by atoms with Crippen molar-refractivity contribution in [2.45, 2.75) is 46.3 Å². The molecule has 0 bridgehead atoms. The lowest BCUT2D eigenvalue weighted by Crippen LogP contribution is -2.22. The first-order valence-electron chi connectivity index (χ1n) is 10.0. The number of anilines is 1. The third-order valence-corrected chi connectivity index (χ3v) is 4.90. The van der Waals surface area contributed by atoms with E-state index in [4.69, 9.17) is 5.10 Å². The number of aromatic nitrogens is 6. The minimum absolute atomic E-state index is 0.186. The second-order valence-corrected chi connectivity index (χ2v) is 8.59. The summed E-state index contributed by atoms with van der Waals surface area (Å²) >= 11 is 0. The van der Waals surface area contributed by atoms with Crippen LogP contribution in [-0.4, -0.2) is 47.5 Å². The van der Waals surface area contributed by atoms with Crippen LogP contribution in [0, 0.1) is 6.92 Å². The van der Waals surface area contributed by atoms with Gasteiger partial charge < -0.3 is 15.4 Å². The molecule has 4 aromatic rings. The Balaban J connectivity index is 1.84. The van der Waals surface area contributed by atoms with Crippen molar-refractivity contribution >= 4 is 17.0 Å². The summed E-state index contributed by atoms with van der Waals surface area (Å²) in [4.78, 5) is 16.7. The SMILES string of the molecule is Cc1c[nH]c2ncc(-c3nn(C(C)(C)C)cc3-c3ccnc(NC[C@H](C)O)n3)cc12. The molecule has 3 N–H and O–H groups in total. The number of hydrogen-bond acceptors (Lipinski definition) is 6. The standard InChI is InChI=1S/C22H27N7O/c1-13-9-24-20-16(13)8-15(11-25-20)19-17(12-29(28-19)22(3,4)5)18-6-7-23-21(27-18)26-10-14(2)30/h6-9,11-12,14,30H,10H2,1-5H3,(H,24,25)(H,23,26,27)/t14-/m0/s1. The number of H-pyrrole nitrogens is 1. The molecule has 4 heterocycles. The zero-order valence-corrected chi connectivity index (χ0v) is 17.9. The molecule has 1 atom stereocenters. The van der Waals surface area contributed by atoms with Crippen LogP contribution < -0.4 is 5.32 Å². The molecule has 156 valence electrons. The van der Waals surface area contributed by atoms with Crippen molar-refractivity contribution in [3.05, 3.63) is 42.5 Å². The number of rotatable bonds is 5. The molecule has 4 aromatic heterocycles. The van der Waals surface area contributed by atoms with Gasteiger partial charge in [0.1, 0.15) is 11.3 Å². The van der Waals surface area contributed by atoms with Crippen LogP contribution >= 0.6 is 0 Å². The van der Waals surface area contributed by atoms with E-state index in [-0.39, 0.29) is 5.54 Å². The number of hydrogen-bond donors (Lipinski definition) is 3. The average Bonchev–Trinajstić information content (AvgIpc) is 3.31. The smallest absolute Gasteiger partial charge is 0.223 e. The molecule has 0 radical (unpaired) electrons. The minimum Gasteiger partial charge on any atom is -0.392 e. The fourth-order valence-corrected chi connectivity index (χ4v) is 3.22. The van der Waals surface area contributed by atoms with Gasteiger partial charge in [-0.3, -0.25) is 4.68 Å². The number of aromatic amines is 1.